The molecule has 1 saturated carbocycles. The lowest BCUT2D eigenvalue weighted by molar-refractivity contribution is 0.0931. The minimum absolute atomic E-state index is 0.0477. The van der Waals surface area contributed by atoms with Crippen molar-refractivity contribution in [1.82, 2.24) is 10.0 Å². The third-order valence-electron chi connectivity index (χ3n) is 4.43. The van der Waals surface area contributed by atoms with E-state index in [0.717, 1.165) is 18.4 Å². The molecule has 1 atom stereocenters. The summed E-state index contributed by atoms with van der Waals surface area (Å²) in [6, 6.07) is 13.3. The molecule has 142 valence electrons. The Hall–Kier alpha value is -2.15. The zero-order valence-electron chi connectivity index (χ0n) is 14.7. The van der Waals surface area contributed by atoms with Gasteiger partial charge in [-0.1, -0.05) is 35.9 Å². The van der Waals surface area contributed by atoms with Crippen LogP contribution in [0.5, 0.6) is 0 Å². The van der Waals surface area contributed by atoms with E-state index in [1.807, 2.05) is 12.1 Å². The maximum absolute atomic E-state index is 12.8. The Labute approximate surface area is 164 Å². The first-order valence-corrected chi connectivity index (χ1v) is 10.5. The average molecular weight is 405 g/mol. The van der Waals surface area contributed by atoms with E-state index in [2.05, 4.69) is 16.6 Å². The Morgan fingerprint density at radius 3 is 2.56 bits per heavy atom. The van der Waals surface area contributed by atoms with Gasteiger partial charge in [0.05, 0.1) is 10.9 Å². The van der Waals surface area contributed by atoms with E-state index in [1.165, 1.54) is 18.2 Å². The van der Waals surface area contributed by atoms with Crippen molar-refractivity contribution in [1.29, 1.82) is 0 Å². The minimum Gasteiger partial charge on any atom is -0.345 e. The van der Waals surface area contributed by atoms with Crippen molar-refractivity contribution in [3.63, 3.8) is 0 Å². The fourth-order valence-electron chi connectivity index (χ4n) is 2.85. The van der Waals surface area contributed by atoms with E-state index in [0.29, 0.717) is 16.5 Å². The molecular weight excluding hydrogens is 384 g/mol. The molecule has 7 heteroatoms. The first-order chi connectivity index (χ1) is 12.9. The van der Waals surface area contributed by atoms with Crippen LogP contribution < -0.4 is 10.0 Å². The zero-order valence-corrected chi connectivity index (χ0v) is 16.3. The number of amides is 1. The summed E-state index contributed by atoms with van der Waals surface area (Å²) in [7, 11) is -3.68. The number of hydrogen-bond donors (Lipinski definition) is 2. The zero-order chi connectivity index (χ0) is 19.4. The maximum atomic E-state index is 12.8. The van der Waals surface area contributed by atoms with Crippen molar-refractivity contribution in [3.8, 4) is 0 Å². The Kier molecular flexibility index (Phi) is 5.99. The molecule has 1 amide bonds. The molecule has 2 N–H and O–H groups in total. The summed E-state index contributed by atoms with van der Waals surface area (Å²) in [4.78, 5) is 12.8. The number of carbonyl (C=O) groups excluding carboxylic acids is 1. The summed E-state index contributed by atoms with van der Waals surface area (Å²) in [6.07, 6.45) is 3.56. The summed E-state index contributed by atoms with van der Waals surface area (Å²) in [5, 5.41) is 3.68. The number of sulfonamides is 1. The molecule has 0 spiro atoms. The van der Waals surface area contributed by atoms with Crippen LogP contribution in [0.3, 0.4) is 0 Å². The summed E-state index contributed by atoms with van der Waals surface area (Å²) in [5.74, 6) is 0.0823. The number of benzene rings is 2. The van der Waals surface area contributed by atoms with Crippen molar-refractivity contribution < 1.29 is 13.2 Å². The minimum atomic E-state index is -3.68. The van der Waals surface area contributed by atoms with Crippen LogP contribution in [0, 0.1) is 5.92 Å². The topological polar surface area (TPSA) is 75.3 Å². The van der Waals surface area contributed by atoms with Gasteiger partial charge in [-0.3, -0.25) is 4.79 Å². The van der Waals surface area contributed by atoms with E-state index in [1.54, 1.807) is 24.3 Å². The van der Waals surface area contributed by atoms with Gasteiger partial charge in [-0.2, -0.15) is 0 Å². The molecule has 0 radical (unpaired) electrons. The number of halogens is 1. The highest BCUT2D eigenvalue weighted by atomic mass is 35.5. The Morgan fingerprint density at radius 2 is 1.93 bits per heavy atom. The Balaban J connectivity index is 1.80. The highest BCUT2D eigenvalue weighted by Gasteiger charge is 2.33. The lowest BCUT2D eigenvalue weighted by atomic mass is 10.0. The fourth-order valence-corrected chi connectivity index (χ4v) is 4.02. The van der Waals surface area contributed by atoms with Gasteiger partial charge in [0.15, 0.2) is 0 Å². The van der Waals surface area contributed by atoms with Crippen molar-refractivity contribution in [2.24, 2.45) is 5.92 Å². The lowest BCUT2D eigenvalue weighted by Gasteiger charge is -2.19. The van der Waals surface area contributed by atoms with Crippen LogP contribution in [-0.2, 0) is 10.0 Å². The number of rotatable bonds is 8. The highest BCUT2D eigenvalue weighted by molar-refractivity contribution is 7.89. The van der Waals surface area contributed by atoms with Gasteiger partial charge in [0.25, 0.3) is 5.91 Å². The van der Waals surface area contributed by atoms with Gasteiger partial charge in [0.1, 0.15) is 0 Å². The molecule has 0 heterocycles. The third-order valence-corrected chi connectivity index (χ3v) is 6.11. The molecule has 0 bridgehead atoms. The van der Waals surface area contributed by atoms with Gasteiger partial charge in [-0.15, -0.1) is 6.58 Å². The molecule has 27 heavy (non-hydrogen) atoms. The van der Waals surface area contributed by atoms with E-state index in [9.17, 15) is 13.2 Å². The van der Waals surface area contributed by atoms with Crippen LogP contribution in [0.2, 0.25) is 5.02 Å². The normalized spacial score (nSPS) is 15.1. The second-order valence-electron chi connectivity index (χ2n) is 6.51. The molecule has 1 aliphatic rings. The van der Waals surface area contributed by atoms with Crippen LogP contribution in [0.15, 0.2) is 66.1 Å². The highest BCUT2D eigenvalue weighted by Crippen LogP contribution is 2.41. The van der Waals surface area contributed by atoms with E-state index < -0.39 is 10.0 Å². The Morgan fingerprint density at radius 1 is 1.22 bits per heavy atom. The second-order valence-corrected chi connectivity index (χ2v) is 8.71. The molecule has 1 fully saturated rings. The van der Waals surface area contributed by atoms with Crippen molar-refractivity contribution in [2.45, 2.75) is 23.8 Å². The first-order valence-electron chi connectivity index (χ1n) is 8.67. The third kappa shape index (κ3) is 4.97. The molecule has 0 aromatic heterocycles. The molecule has 0 aliphatic heterocycles. The average Bonchev–Trinajstić information content (AvgIpc) is 3.50. The van der Waals surface area contributed by atoms with Crippen LogP contribution in [0.4, 0.5) is 0 Å². The largest absolute Gasteiger partial charge is 0.345 e. The predicted molar refractivity (Wildman–Crippen MR) is 106 cm³/mol. The Bertz CT molecular complexity index is 938. The first kappa shape index (κ1) is 19.6. The van der Waals surface area contributed by atoms with Crippen LogP contribution in [0.1, 0.15) is 34.8 Å². The maximum Gasteiger partial charge on any atom is 0.251 e. The van der Waals surface area contributed by atoms with Gasteiger partial charge in [-0.05, 0) is 54.7 Å². The van der Waals surface area contributed by atoms with Gasteiger partial charge in [0, 0.05) is 17.1 Å². The van der Waals surface area contributed by atoms with Gasteiger partial charge in [0.2, 0.25) is 10.0 Å². The molecule has 3 rings (SSSR count). The summed E-state index contributed by atoms with van der Waals surface area (Å²) in [5.41, 5.74) is 1.29. The van der Waals surface area contributed by atoms with E-state index in [4.69, 9.17) is 11.6 Å². The molecule has 2 aromatic carbocycles. The van der Waals surface area contributed by atoms with Gasteiger partial charge >= 0.3 is 0 Å². The SMILES string of the molecule is C=CCNS(=O)(=O)c1cccc(C(=O)NC(c2ccc(Cl)cc2)C2CC2)c1. The quantitative estimate of drug-likeness (QED) is 0.659. The standard InChI is InChI=1S/C20H21ClN2O3S/c1-2-12-22-27(25,26)18-5-3-4-16(13-18)20(24)23-19(14-6-7-14)15-8-10-17(21)11-9-15/h2-5,8-11,13-14,19,22H,1,6-7,12H2,(H,23,24). The summed E-state index contributed by atoms with van der Waals surface area (Å²) >= 11 is 5.95. The summed E-state index contributed by atoms with van der Waals surface area (Å²) in [6.45, 7) is 3.62. The molecular formula is C20H21ClN2O3S. The van der Waals surface area contributed by atoms with Crippen LogP contribution in [0.25, 0.3) is 0 Å². The second kappa shape index (κ2) is 8.25. The van der Waals surface area contributed by atoms with Crippen LogP contribution in [-0.4, -0.2) is 20.9 Å². The molecule has 1 aliphatic carbocycles. The molecule has 1 unspecified atom stereocenters. The molecule has 2 aromatic rings. The van der Waals surface area contributed by atoms with E-state index in [-0.39, 0.29) is 23.4 Å². The van der Waals surface area contributed by atoms with Crippen molar-refractivity contribution in [2.75, 3.05) is 6.54 Å². The predicted octanol–water partition coefficient (Wildman–Crippen LogP) is 3.69. The van der Waals surface area contributed by atoms with Crippen molar-refractivity contribution >= 4 is 27.5 Å². The van der Waals surface area contributed by atoms with Gasteiger partial charge < -0.3 is 5.32 Å². The number of carbonyl (C=O) groups is 1. The fraction of sp³-hybridized carbons (Fsp3) is 0.250. The monoisotopic (exact) mass is 404 g/mol. The van der Waals surface area contributed by atoms with Crippen molar-refractivity contribution in [3.05, 3.63) is 77.3 Å². The molecule has 5 nitrogen and oxygen atoms in total. The summed E-state index contributed by atoms with van der Waals surface area (Å²) < 4.78 is 26.9. The van der Waals surface area contributed by atoms with E-state index >= 15 is 0 Å². The van der Waals surface area contributed by atoms with Gasteiger partial charge in [-0.25, -0.2) is 13.1 Å². The molecule has 0 saturated heterocycles. The van der Waals surface area contributed by atoms with Crippen LogP contribution >= 0.6 is 11.6 Å². The number of nitrogens with one attached hydrogen (secondary N) is 2. The number of hydrogen-bond acceptors (Lipinski definition) is 3. The smallest absolute Gasteiger partial charge is 0.251 e. The lowest BCUT2D eigenvalue weighted by Crippen LogP contribution is -2.30.